The number of hydrogen-bond donors (Lipinski definition) is 3. The lowest BCUT2D eigenvalue weighted by atomic mass is 10.2. The number of hydrogen-bond acceptors (Lipinski definition) is 3. The number of aromatic nitrogens is 1. The fraction of sp³-hybridized carbons (Fsp3) is 0.278. The monoisotopic (exact) mass is 359 g/mol. The quantitative estimate of drug-likeness (QED) is 0.400. The predicted molar refractivity (Wildman–Crippen MR) is 101 cm³/mol. The van der Waals surface area contributed by atoms with Crippen LogP contribution < -0.4 is 16.0 Å². The average molecular weight is 360 g/mol. The lowest BCUT2D eigenvalue weighted by molar-refractivity contribution is 0.0954. The molecule has 0 aliphatic carbocycles. The summed E-state index contributed by atoms with van der Waals surface area (Å²) in [7, 11) is 1.71. The molecular formula is C18H22ClN5O. The van der Waals surface area contributed by atoms with Gasteiger partial charge in [0.15, 0.2) is 5.96 Å². The molecule has 25 heavy (non-hydrogen) atoms. The topological polar surface area (TPSA) is 78.4 Å². The number of carbonyl (C=O) groups excluding carboxylic acids is 1. The second-order valence-corrected chi connectivity index (χ2v) is 5.64. The Hall–Kier alpha value is -2.60. The van der Waals surface area contributed by atoms with Gasteiger partial charge in [-0.15, -0.1) is 0 Å². The fourth-order valence-electron chi connectivity index (χ4n) is 2.17. The van der Waals surface area contributed by atoms with Crippen molar-refractivity contribution >= 4 is 23.5 Å². The summed E-state index contributed by atoms with van der Waals surface area (Å²) in [5.74, 6) is 0.494. The number of nitrogens with one attached hydrogen (secondary N) is 3. The van der Waals surface area contributed by atoms with Crippen molar-refractivity contribution in [1.29, 1.82) is 0 Å². The van der Waals surface area contributed by atoms with Crippen LogP contribution in [-0.2, 0) is 6.42 Å². The van der Waals surface area contributed by atoms with Crippen molar-refractivity contribution in [3.05, 3.63) is 64.9 Å². The minimum absolute atomic E-state index is 0.189. The van der Waals surface area contributed by atoms with Gasteiger partial charge in [0, 0.05) is 45.0 Å². The van der Waals surface area contributed by atoms with Crippen LogP contribution >= 0.6 is 11.6 Å². The van der Waals surface area contributed by atoms with Crippen molar-refractivity contribution in [1.82, 2.24) is 20.9 Å². The number of guanidine groups is 1. The molecule has 3 N–H and O–H groups in total. The summed E-state index contributed by atoms with van der Waals surface area (Å²) in [4.78, 5) is 20.5. The van der Waals surface area contributed by atoms with Gasteiger partial charge in [-0.2, -0.15) is 0 Å². The van der Waals surface area contributed by atoms with Crippen molar-refractivity contribution in [2.75, 3.05) is 26.7 Å². The maximum Gasteiger partial charge on any atom is 0.252 e. The molecule has 2 rings (SSSR count). The lowest BCUT2D eigenvalue weighted by Crippen LogP contribution is -2.42. The molecule has 132 valence electrons. The van der Waals surface area contributed by atoms with E-state index in [0.717, 1.165) is 18.7 Å². The largest absolute Gasteiger partial charge is 0.356 e. The minimum Gasteiger partial charge on any atom is -0.356 e. The Morgan fingerprint density at radius 3 is 2.48 bits per heavy atom. The zero-order valence-corrected chi connectivity index (χ0v) is 14.9. The first kappa shape index (κ1) is 18.7. The number of carbonyl (C=O) groups is 1. The molecular weight excluding hydrogens is 338 g/mol. The number of halogens is 1. The fourth-order valence-corrected chi connectivity index (χ4v) is 2.39. The van der Waals surface area contributed by atoms with Crippen LogP contribution in [0.5, 0.6) is 0 Å². The van der Waals surface area contributed by atoms with Gasteiger partial charge < -0.3 is 16.0 Å². The molecule has 1 aromatic carbocycles. The van der Waals surface area contributed by atoms with Crippen LogP contribution in [0.4, 0.5) is 0 Å². The molecule has 2 aromatic rings. The summed E-state index contributed by atoms with van der Waals surface area (Å²) in [5, 5.41) is 9.63. The van der Waals surface area contributed by atoms with E-state index in [1.807, 2.05) is 18.2 Å². The maximum absolute atomic E-state index is 12.0. The number of nitrogens with zero attached hydrogens (tertiary/aromatic N) is 2. The van der Waals surface area contributed by atoms with Gasteiger partial charge in [0.2, 0.25) is 0 Å². The Morgan fingerprint density at radius 1 is 1.04 bits per heavy atom. The Kier molecular flexibility index (Phi) is 7.72. The van der Waals surface area contributed by atoms with E-state index >= 15 is 0 Å². The van der Waals surface area contributed by atoms with E-state index in [-0.39, 0.29) is 5.91 Å². The third-order valence-electron chi connectivity index (χ3n) is 3.44. The lowest BCUT2D eigenvalue weighted by Gasteiger charge is -2.12. The third kappa shape index (κ3) is 6.43. The van der Waals surface area contributed by atoms with E-state index in [2.05, 4.69) is 25.9 Å². The molecule has 0 saturated heterocycles. The summed E-state index contributed by atoms with van der Waals surface area (Å²) in [5.41, 5.74) is 1.50. The molecule has 0 atom stereocenters. The number of rotatable bonds is 7. The highest BCUT2D eigenvalue weighted by Crippen LogP contribution is 2.14. The first-order chi connectivity index (χ1) is 12.2. The van der Waals surface area contributed by atoms with Gasteiger partial charge in [-0.25, -0.2) is 0 Å². The molecule has 6 nitrogen and oxygen atoms in total. The summed E-state index contributed by atoms with van der Waals surface area (Å²) in [6.07, 6.45) is 2.59. The molecule has 1 heterocycles. The number of aliphatic imine (C=N–C) groups is 1. The molecule has 1 amide bonds. The summed E-state index contributed by atoms with van der Waals surface area (Å²) in [6, 6.07) is 12.8. The maximum atomic E-state index is 12.0. The molecule has 0 aliphatic heterocycles. The zero-order valence-electron chi connectivity index (χ0n) is 14.1. The minimum atomic E-state index is -0.189. The van der Waals surface area contributed by atoms with Gasteiger partial charge in [-0.3, -0.25) is 14.8 Å². The standard InChI is InChI=1S/C18H22ClN5O/c1-20-18(23-11-9-14-6-4-5-10-21-14)24-13-12-22-17(25)15-7-2-3-8-16(15)19/h2-8,10H,9,11-13H2,1H3,(H,22,25)(H2,20,23,24). The van der Waals surface area contributed by atoms with E-state index in [4.69, 9.17) is 11.6 Å². The SMILES string of the molecule is CN=C(NCCNC(=O)c1ccccc1Cl)NCCc1ccccn1. The van der Waals surface area contributed by atoms with Gasteiger partial charge in [-0.05, 0) is 24.3 Å². The Labute approximate surface area is 152 Å². The van der Waals surface area contributed by atoms with Crippen LogP contribution in [0.3, 0.4) is 0 Å². The molecule has 0 bridgehead atoms. The van der Waals surface area contributed by atoms with Gasteiger partial charge in [-0.1, -0.05) is 29.8 Å². The third-order valence-corrected chi connectivity index (χ3v) is 3.77. The summed E-state index contributed by atoms with van der Waals surface area (Å²) in [6.45, 7) is 1.74. The van der Waals surface area contributed by atoms with Crippen molar-refractivity contribution < 1.29 is 4.79 Å². The number of pyridine rings is 1. The highest BCUT2D eigenvalue weighted by Gasteiger charge is 2.08. The predicted octanol–water partition coefficient (Wildman–Crippen LogP) is 1.87. The first-order valence-corrected chi connectivity index (χ1v) is 8.45. The van der Waals surface area contributed by atoms with Crippen LogP contribution in [0.15, 0.2) is 53.7 Å². The molecule has 0 fully saturated rings. The van der Waals surface area contributed by atoms with Gasteiger partial charge >= 0.3 is 0 Å². The van der Waals surface area contributed by atoms with Crippen LogP contribution in [0.2, 0.25) is 5.02 Å². The molecule has 0 spiro atoms. The number of benzene rings is 1. The number of amides is 1. The van der Waals surface area contributed by atoms with Crippen LogP contribution in [-0.4, -0.2) is 43.5 Å². The van der Waals surface area contributed by atoms with E-state index in [9.17, 15) is 4.79 Å². The van der Waals surface area contributed by atoms with Crippen molar-refractivity contribution in [2.45, 2.75) is 6.42 Å². The average Bonchev–Trinajstić information content (AvgIpc) is 2.64. The first-order valence-electron chi connectivity index (χ1n) is 8.08. The molecule has 0 saturated carbocycles. The van der Waals surface area contributed by atoms with Crippen LogP contribution in [0, 0.1) is 0 Å². The molecule has 7 heteroatoms. The second-order valence-electron chi connectivity index (χ2n) is 5.23. The van der Waals surface area contributed by atoms with E-state index in [1.54, 1.807) is 37.5 Å². The summed E-state index contributed by atoms with van der Waals surface area (Å²) < 4.78 is 0. The van der Waals surface area contributed by atoms with Crippen molar-refractivity contribution in [3.63, 3.8) is 0 Å². The van der Waals surface area contributed by atoms with E-state index in [1.165, 1.54) is 0 Å². The smallest absolute Gasteiger partial charge is 0.252 e. The Morgan fingerprint density at radius 2 is 1.76 bits per heavy atom. The molecule has 0 unspecified atom stereocenters. The van der Waals surface area contributed by atoms with Crippen molar-refractivity contribution in [3.8, 4) is 0 Å². The van der Waals surface area contributed by atoms with Gasteiger partial charge in [0.25, 0.3) is 5.91 Å². The molecule has 0 aliphatic rings. The molecule has 1 aromatic heterocycles. The van der Waals surface area contributed by atoms with E-state index in [0.29, 0.717) is 29.6 Å². The highest BCUT2D eigenvalue weighted by molar-refractivity contribution is 6.33. The van der Waals surface area contributed by atoms with Crippen LogP contribution in [0.1, 0.15) is 16.1 Å². The molecule has 0 radical (unpaired) electrons. The summed E-state index contributed by atoms with van der Waals surface area (Å²) >= 11 is 6.00. The van der Waals surface area contributed by atoms with Crippen LogP contribution in [0.25, 0.3) is 0 Å². The van der Waals surface area contributed by atoms with Gasteiger partial charge in [0.1, 0.15) is 0 Å². The Bertz CT molecular complexity index is 706. The van der Waals surface area contributed by atoms with Crippen molar-refractivity contribution in [2.24, 2.45) is 4.99 Å². The normalized spacial score (nSPS) is 11.0. The van der Waals surface area contributed by atoms with E-state index < -0.39 is 0 Å². The zero-order chi connectivity index (χ0) is 17.9. The highest BCUT2D eigenvalue weighted by atomic mass is 35.5. The van der Waals surface area contributed by atoms with Gasteiger partial charge in [0.05, 0.1) is 10.6 Å². The second kappa shape index (κ2) is 10.3. The Balaban J connectivity index is 1.66.